The molecule has 0 radical (unpaired) electrons. The molecule has 0 bridgehead atoms. The Balaban J connectivity index is 0.00000256. The number of halogens is 5. The number of rotatable bonds is 3. The van der Waals surface area contributed by atoms with E-state index in [0.29, 0.717) is 6.07 Å². The molecule has 0 aliphatic rings. The summed E-state index contributed by atoms with van der Waals surface area (Å²) in [5.74, 6) is -1.04. The van der Waals surface area contributed by atoms with Crippen LogP contribution in [0.2, 0.25) is 0 Å². The molecule has 0 unspecified atom stereocenters. The summed E-state index contributed by atoms with van der Waals surface area (Å²) < 4.78 is 70.4. The van der Waals surface area contributed by atoms with Crippen LogP contribution in [0.5, 0.6) is 0 Å². The summed E-state index contributed by atoms with van der Waals surface area (Å²) in [6.45, 7) is -5.21. The first kappa shape index (κ1) is 18.3. The minimum Gasteiger partial charge on any atom is -0.445 e. The Morgan fingerprint density at radius 3 is 2.12 bits per heavy atom. The molecule has 0 spiro atoms. The Morgan fingerprint density at radius 2 is 1.71 bits per heavy atom. The number of hydrogen-bond acceptors (Lipinski definition) is 2. The van der Waals surface area contributed by atoms with Crippen LogP contribution in [0.1, 0.15) is 5.56 Å². The van der Waals surface area contributed by atoms with Crippen molar-refractivity contribution in [3.05, 3.63) is 27.3 Å². The predicted molar refractivity (Wildman–Crippen MR) is 61.6 cm³/mol. The molecule has 0 atom stereocenters. The molecule has 1 aromatic carbocycles. The third-order valence-electron chi connectivity index (χ3n) is 1.70. The van der Waals surface area contributed by atoms with Gasteiger partial charge in [-0.05, 0) is 34.2 Å². The Hall–Kier alpha value is 1.32. The Morgan fingerprint density at radius 1 is 1.18 bits per heavy atom. The molecule has 0 N–H and O–H groups in total. The van der Waals surface area contributed by atoms with E-state index in [4.69, 9.17) is 0 Å². The molecule has 0 heterocycles. The van der Waals surface area contributed by atoms with E-state index >= 15 is 0 Å². The van der Waals surface area contributed by atoms with E-state index in [1.54, 1.807) is 22.6 Å². The van der Waals surface area contributed by atoms with Crippen molar-refractivity contribution in [2.24, 2.45) is 0 Å². The molecule has 0 aliphatic heterocycles. The molecule has 2 nitrogen and oxygen atoms in total. The second-order valence-corrected chi connectivity index (χ2v) is 5.76. The standard InChI is InChI=1S/C7H5BF4IO2S.K/c9-8(10,11)6-1-5(2-7(13)3-6)4-16(12,14)15;/h1-3H,4H2;/q-1;+1. The Kier molecular flexibility index (Phi) is 7.18. The van der Waals surface area contributed by atoms with E-state index in [-0.39, 0.29) is 60.5 Å². The van der Waals surface area contributed by atoms with Crippen molar-refractivity contribution in [3.63, 3.8) is 0 Å². The topological polar surface area (TPSA) is 34.1 Å². The van der Waals surface area contributed by atoms with Crippen LogP contribution >= 0.6 is 22.6 Å². The van der Waals surface area contributed by atoms with Crippen molar-refractivity contribution in [1.29, 1.82) is 0 Å². The van der Waals surface area contributed by atoms with Crippen molar-refractivity contribution < 1.29 is 76.6 Å². The molecular formula is C7H5BF4IKO2S. The van der Waals surface area contributed by atoms with Crippen LogP contribution < -0.4 is 56.8 Å². The van der Waals surface area contributed by atoms with Crippen molar-refractivity contribution in [2.45, 2.75) is 5.75 Å². The van der Waals surface area contributed by atoms with E-state index in [0.717, 1.165) is 6.07 Å². The summed E-state index contributed by atoms with van der Waals surface area (Å²) in [5.41, 5.74) is -1.13. The van der Waals surface area contributed by atoms with Crippen molar-refractivity contribution in [3.8, 4) is 0 Å². The van der Waals surface area contributed by atoms with Crippen molar-refractivity contribution in [2.75, 3.05) is 0 Å². The molecule has 0 fully saturated rings. The zero-order valence-electron chi connectivity index (χ0n) is 8.63. The van der Waals surface area contributed by atoms with Crippen molar-refractivity contribution >= 4 is 45.3 Å². The molecule has 0 saturated heterocycles. The first-order valence-electron chi connectivity index (χ1n) is 3.99. The average Bonchev–Trinajstić information content (AvgIpc) is 1.97. The van der Waals surface area contributed by atoms with Gasteiger partial charge in [0, 0.05) is 3.57 Å². The van der Waals surface area contributed by atoms with Crippen LogP contribution in [-0.4, -0.2) is 15.4 Å². The third-order valence-corrected chi connectivity index (χ3v) is 3.00. The third kappa shape index (κ3) is 6.87. The summed E-state index contributed by atoms with van der Waals surface area (Å²) >= 11 is 1.62. The van der Waals surface area contributed by atoms with E-state index in [2.05, 4.69) is 0 Å². The number of hydrogen-bond donors (Lipinski definition) is 0. The van der Waals surface area contributed by atoms with E-state index < -0.39 is 28.4 Å². The van der Waals surface area contributed by atoms with Gasteiger partial charge in [-0.15, -0.1) is 9.35 Å². The van der Waals surface area contributed by atoms with Gasteiger partial charge in [0.2, 0.25) is 0 Å². The summed E-state index contributed by atoms with van der Waals surface area (Å²) in [6, 6.07) is 2.73. The zero-order chi connectivity index (χ0) is 12.6. The summed E-state index contributed by atoms with van der Waals surface area (Å²) in [5, 5.41) is 0. The van der Waals surface area contributed by atoms with Gasteiger partial charge >= 0.3 is 68.6 Å². The zero-order valence-corrected chi connectivity index (χ0v) is 14.7. The molecular weight excluding hydrogens is 401 g/mol. The van der Waals surface area contributed by atoms with Crippen molar-refractivity contribution in [1.82, 2.24) is 0 Å². The maximum Gasteiger partial charge on any atom is 1.00 e. The molecule has 17 heavy (non-hydrogen) atoms. The van der Waals surface area contributed by atoms with Gasteiger partial charge in [-0.1, -0.05) is 12.1 Å². The molecule has 0 aliphatic carbocycles. The predicted octanol–water partition coefficient (Wildman–Crippen LogP) is -0.851. The van der Waals surface area contributed by atoms with Crippen LogP contribution in [0.3, 0.4) is 0 Å². The van der Waals surface area contributed by atoms with E-state index in [9.17, 15) is 25.3 Å². The molecule has 10 heteroatoms. The van der Waals surface area contributed by atoms with Gasteiger partial charge in [0.25, 0.3) is 0 Å². The Labute approximate surface area is 152 Å². The van der Waals surface area contributed by atoms with Crippen LogP contribution in [0.25, 0.3) is 0 Å². The first-order chi connectivity index (χ1) is 7.08. The molecule has 90 valence electrons. The number of benzene rings is 1. The second kappa shape index (κ2) is 6.66. The SMILES string of the molecule is O=S(=O)(F)Cc1cc(I)cc([B-](F)(F)F)c1.[K+]. The fourth-order valence-electron chi connectivity index (χ4n) is 1.15. The fourth-order valence-corrected chi connectivity index (χ4v) is 2.47. The Bertz CT molecular complexity index is 505. The molecule has 0 amide bonds. The maximum atomic E-state index is 12.4. The molecule has 1 aromatic rings. The van der Waals surface area contributed by atoms with E-state index in [1.165, 1.54) is 6.07 Å². The smallest absolute Gasteiger partial charge is 0.445 e. The van der Waals surface area contributed by atoms with Gasteiger partial charge in [-0.2, -0.15) is 8.42 Å². The summed E-state index contributed by atoms with van der Waals surface area (Å²) in [7, 11) is -4.82. The van der Waals surface area contributed by atoms with Gasteiger partial charge in [0.15, 0.2) is 0 Å². The minimum atomic E-state index is -5.21. The second-order valence-electron chi connectivity index (χ2n) is 3.15. The summed E-state index contributed by atoms with van der Waals surface area (Å²) in [6.07, 6.45) is 0. The van der Waals surface area contributed by atoms with Gasteiger partial charge in [0.05, 0.1) is 0 Å². The fraction of sp³-hybridized carbons (Fsp3) is 0.143. The van der Waals surface area contributed by atoms with Gasteiger partial charge < -0.3 is 12.9 Å². The van der Waals surface area contributed by atoms with Gasteiger partial charge in [0.1, 0.15) is 5.75 Å². The van der Waals surface area contributed by atoms with E-state index in [1.807, 2.05) is 0 Å². The quantitative estimate of drug-likeness (QED) is 0.284. The molecule has 0 saturated carbocycles. The minimum absolute atomic E-state index is 0. The molecule has 0 aromatic heterocycles. The first-order valence-corrected chi connectivity index (χ1v) is 6.63. The monoisotopic (exact) mass is 406 g/mol. The van der Waals surface area contributed by atoms with Crippen LogP contribution in [0.4, 0.5) is 16.8 Å². The maximum absolute atomic E-state index is 12.4. The largest absolute Gasteiger partial charge is 1.00 e. The summed E-state index contributed by atoms with van der Waals surface area (Å²) in [4.78, 5) is 0. The van der Waals surface area contributed by atoms with Crippen LogP contribution in [0, 0.1) is 3.57 Å². The molecule has 1 rings (SSSR count). The van der Waals surface area contributed by atoms with Gasteiger partial charge in [-0.3, -0.25) is 0 Å². The van der Waals surface area contributed by atoms with Crippen LogP contribution in [-0.2, 0) is 16.0 Å². The van der Waals surface area contributed by atoms with Crippen LogP contribution in [0.15, 0.2) is 18.2 Å². The average molecular weight is 406 g/mol. The van der Waals surface area contributed by atoms with Gasteiger partial charge in [-0.25, -0.2) is 0 Å². The normalized spacial score (nSPS) is 12.1.